The third-order valence-electron chi connectivity index (χ3n) is 3.77. The van der Waals surface area contributed by atoms with Gasteiger partial charge in [-0.1, -0.05) is 65.7 Å². The van der Waals surface area contributed by atoms with E-state index in [0.717, 1.165) is 11.1 Å². The highest BCUT2D eigenvalue weighted by Gasteiger charge is 2.15. The lowest BCUT2D eigenvalue weighted by Crippen LogP contribution is -2.30. The fraction of sp³-hybridized carbons (Fsp3) is 0.0952. The number of amides is 1. The molecule has 3 rings (SSSR count). The van der Waals surface area contributed by atoms with E-state index >= 15 is 0 Å². The van der Waals surface area contributed by atoms with Gasteiger partial charge in [-0.25, -0.2) is 0 Å². The van der Waals surface area contributed by atoms with Crippen LogP contribution in [0.2, 0.25) is 10.0 Å². The Hall–Kier alpha value is -2.49. The number of nitrogens with one attached hydrogen (secondary N) is 1. The number of hydrogen-bond donors (Lipinski definition) is 1. The van der Waals surface area contributed by atoms with Crippen LogP contribution in [0, 0.1) is 0 Å². The van der Waals surface area contributed by atoms with E-state index in [-0.39, 0.29) is 5.91 Å². The summed E-state index contributed by atoms with van der Waals surface area (Å²) in [4.78, 5) is 12.3. The summed E-state index contributed by atoms with van der Waals surface area (Å²) < 4.78 is 5.72. The normalized spacial score (nSPS) is 11.7. The van der Waals surface area contributed by atoms with Crippen LogP contribution in [0.25, 0.3) is 11.1 Å². The lowest BCUT2D eigenvalue weighted by atomic mass is 10.1. The van der Waals surface area contributed by atoms with Gasteiger partial charge < -0.3 is 10.1 Å². The summed E-state index contributed by atoms with van der Waals surface area (Å²) in [5.74, 6) is 0.340. The number of hydrogen-bond acceptors (Lipinski definition) is 2. The minimum absolute atomic E-state index is 0.282. The Labute approximate surface area is 162 Å². The van der Waals surface area contributed by atoms with E-state index in [2.05, 4.69) is 5.32 Å². The second-order valence-corrected chi connectivity index (χ2v) is 6.67. The molecule has 1 unspecified atom stereocenters. The van der Waals surface area contributed by atoms with Gasteiger partial charge in [0.25, 0.3) is 5.91 Å². The van der Waals surface area contributed by atoms with Gasteiger partial charge in [-0.05, 0) is 48.4 Å². The summed E-state index contributed by atoms with van der Waals surface area (Å²) >= 11 is 11.9. The van der Waals surface area contributed by atoms with Crippen LogP contribution in [0.4, 0.5) is 5.69 Å². The molecule has 3 aromatic rings. The van der Waals surface area contributed by atoms with E-state index in [9.17, 15) is 4.79 Å². The standard InChI is InChI=1S/C21H17Cl2NO2/c1-14(21(25)24-19-12-17(22)11-18(23)13-19)26-20-9-7-16(8-10-20)15-5-3-2-4-6-15/h2-14H,1H3,(H,24,25). The molecule has 0 radical (unpaired) electrons. The smallest absolute Gasteiger partial charge is 0.265 e. The van der Waals surface area contributed by atoms with Crippen molar-refractivity contribution in [3.8, 4) is 16.9 Å². The molecule has 3 nitrogen and oxygen atoms in total. The first-order valence-electron chi connectivity index (χ1n) is 8.10. The third-order valence-corrected chi connectivity index (χ3v) is 4.21. The Kier molecular flexibility index (Phi) is 5.82. The van der Waals surface area contributed by atoms with Crippen molar-refractivity contribution in [2.24, 2.45) is 0 Å². The molecule has 1 N–H and O–H groups in total. The van der Waals surface area contributed by atoms with Gasteiger partial charge in [-0.3, -0.25) is 4.79 Å². The maximum absolute atomic E-state index is 12.3. The molecule has 0 saturated heterocycles. The Balaban J connectivity index is 1.63. The molecule has 0 aliphatic heterocycles. The highest BCUT2D eigenvalue weighted by Crippen LogP contribution is 2.24. The van der Waals surface area contributed by atoms with Crippen molar-refractivity contribution in [2.45, 2.75) is 13.0 Å². The minimum Gasteiger partial charge on any atom is -0.481 e. The van der Waals surface area contributed by atoms with Crippen LogP contribution in [-0.4, -0.2) is 12.0 Å². The van der Waals surface area contributed by atoms with Gasteiger partial charge in [0.2, 0.25) is 0 Å². The molecule has 26 heavy (non-hydrogen) atoms. The molecule has 132 valence electrons. The predicted molar refractivity (Wildman–Crippen MR) is 107 cm³/mol. The highest BCUT2D eigenvalue weighted by molar-refractivity contribution is 6.35. The van der Waals surface area contributed by atoms with E-state index in [1.165, 1.54) is 0 Å². The van der Waals surface area contributed by atoms with Crippen LogP contribution in [0.1, 0.15) is 6.92 Å². The van der Waals surface area contributed by atoms with Crippen LogP contribution < -0.4 is 10.1 Å². The van der Waals surface area contributed by atoms with E-state index in [1.807, 2.05) is 54.6 Å². The van der Waals surface area contributed by atoms with Crippen molar-refractivity contribution < 1.29 is 9.53 Å². The number of carbonyl (C=O) groups is 1. The Morgan fingerprint density at radius 2 is 1.46 bits per heavy atom. The second kappa shape index (κ2) is 8.26. The van der Waals surface area contributed by atoms with Crippen molar-refractivity contribution in [3.63, 3.8) is 0 Å². The number of rotatable bonds is 5. The van der Waals surface area contributed by atoms with Crippen molar-refractivity contribution in [2.75, 3.05) is 5.32 Å². The van der Waals surface area contributed by atoms with Crippen molar-refractivity contribution in [3.05, 3.63) is 82.8 Å². The number of anilines is 1. The molecular weight excluding hydrogens is 369 g/mol. The lowest BCUT2D eigenvalue weighted by Gasteiger charge is -2.15. The summed E-state index contributed by atoms with van der Waals surface area (Å²) in [5.41, 5.74) is 2.74. The van der Waals surface area contributed by atoms with Crippen LogP contribution >= 0.6 is 23.2 Å². The molecule has 0 bridgehead atoms. The maximum Gasteiger partial charge on any atom is 0.265 e. The summed E-state index contributed by atoms with van der Waals surface area (Å²) in [6.07, 6.45) is -0.671. The fourth-order valence-electron chi connectivity index (χ4n) is 2.48. The van der Waals surface area contributed by atoms with E-state index in [0.29, 0.717) is 21.5 Å². The summed E-state index contributed by atoms with van der Waals surface area (Å²) in [7, 11) is 0. The largest absolute Gasteiger partial charge is 0.481 e. The first kappa shape index (κ1) is 18.3. The molecule has 0 saturated carbocycles. The molecule has 0 fully saturated rings. The quantitative estimate of drug-likeness (QED) is 0.578. The highest BCUT2D eigenvalue weighted by atomic mass is 35.5. The number of halogens is 2. The molecule has 1 atom stereocenters. The van der Waals surface area contributed by atoms with Gasteiger partial charge in [0, 0.05) is 15.7 Å². The Morgan fingerprint density at radius 3 is 2.08 bits per heavy atom. The van der Waals surface area contributed by atoms with E-state index in [1.54, 1.807) is 25.1 Å². The van der Waals surface area contributed by atoms with Gasteiger partial charge in [0.05, 0.1) is 0 Å². The molecule has 0 spiro atoms. The van der Waals surface area contributed by atoms with Crippen molar-refractivity contribution in [1.82, 2.24) is 0 Å². The van der Waals surface area contributed by atoms with Gasteiger partial charge in [0.15, 0.2) is 6.10 Å². The van der Waals surface area contributed by atoms with Gasteiger partial charge in [-0.15, -0.1) is 0 Å². The molecule has 0 aromatic heterocycles. The lowest BCUT2D eigenvalue weighted by molar-refractivity contribution is -0.122. The summed E-state index contributed by atoms with van der Waals surface area (Å²) in [5, 5.41) is 3.66. The van der Waals surface area contributed by atoms with Crippen LogP contribution in [0.5, 0.6) is 5.75 Å². The number of carbonyl (C=O) groups excluding carboxylic acids is 1. The van der Waals surface area contributed by atoms with Gasteiger partial charge in [-0.2, -0.15) is 0 Å². The molecule has 1 amide bonds. The van der Waals surface area contributed by atoms with E-state index < -0.39 is 6.10 Å². The van der Waals surface area contributed by atoms with Crippen molar-refractivity contribution in [1.29, 1.82) is 0 Å². The molecule has 0 aliphatic carbocycles. The zero-order chi connectivity index (χ0) is 18.5. The monoisotopic (exact) mass is 385 g/mol. The Morgan fingerprint density at radius 1 is 0.885 bits per heavy atom. The number of benzene rings is 3. The first-order valence-corrected chi connectivity index (χ1v) is 8.86. The molecule has 5 heteroatoms. The molecular formula is C21H17Cl2NO2. The zero-order valence-corrected chi connectivity index (χ0v) is 15.6. The minimum atomic E-state index is -0.671. The number of ether oxygens (including phenoxy) is 1. The molecule has 0 heterocycles. The average Bonchev–Trinajstić information content (AvgIpc) is 2.62. The summed E-state index contributed by atoms with van der Waals surface area (Å²) in [6.45, 7) is 1.69. The predicted octanol–water partition coefficient (Wildman–Crippen LogP) is 6.07. The maximum atomic E-state index is 12.3. The molecule has 0 aliphatic rings. The van der Waals surface area contributed by atoms with Crippen LogP contribution in [-0.2, 0) is 4.79 Å². The van der Waals surface area contributed by atoms with Gasteiger partial charge in [0.1, 0.15) is 5.75 Å². The average molecular weight is 386 g/mol. The molecule has 3 aromatic carbocycles. The van der Waals surface area contributed by atoms with E-state index in [4.69, 9.17) is 27.9 Å². The van der Waals surface area contributed by atoms with Gasteiger partial charge >= 0.3 is 0 Å². The first-order chi connectivity index (χ1) is 12.5. The second-order valence-electron chi connectivity index (χ2n) is 5.80. The zero-order valence-electron chi connectivity index (χ0n) is 14.1. The van der Waals surface area contributed by atoms with Crippen LogP contribution in [0.15, 0.2) is 72.8 Å². The fourth-order valence-corrected chi connectivity index (χ4v) is 3.01. The topological polar surface area (TPSA) is 38.3 Å². The van der Waals surface area contributed by atoms with Crippen molar-refractivity contribution >= 4 is 34.8 Å². The van der Waals surface area contributed by atoms with Crippen LogP contribution in [0.3, 0.4) is 0 Å². The SMILES string of the molecule is CC(Oc1ccc(-c2ccccc2)cc1)C(=O)Nc1cc(Cl)cc(Cl)c1. The third kappa shape index (κ3) is 4.78. The Bertz CT molecular complexity index is 875. The summed E-state index contributed by atoms with van der Waals surface area (Å²) in [6, 6.07) is 22.6.